The molecule has 0 radical (unpaired) electrons. The van der Waals surface area contributed by atoms with Gasteiger partial charge in [0.1, 0.15) is 26.9 Å². The molecule has 0 atom stereocenters. The minimum absolute atomic E-state index is 0.278. The van der Waals surface area contributed by atoms with Crippen LogP contribution >= 0.6 is 23.2 Å². The highest BCUT2D eigenvalue weighted by molar-refractivity contribution is 6.43. The largest absolute Gasteiger partial charge is 0.451 e. The van der Waals surface area contributed by atoms with Crippen LogP contribution in [0.15, 0.2) is 40.8 Å². The molecule has 1 aliphatic carbocycles. The lowest BCUT2D eigenvalue weighted by Gasteiger charge is -2.24. The Hall–Kier alpha value is -2.96. The molecule has 6 nitrogen and oxygen atoms in total. The average Bonchev–Trinajstić information content (AvgIpc) is 2.63. The third-order valence-electron chi connectivity index (χ3n) is 4.15. The van der Waals surface area contributed by atoms with Gasteiger partial charge >= 0.3 is 0 Å². The van der Waals surface area contributed by atoms with E-state index in [1.54, 1.807) is 36.4 Å². The van der Waals surface area contributed by atoms with Crippen LogP contribution in [0.4, 0.5) is 17.1 Å². The molecule has 128 valence electrons. The Balaban J connectivity index is 1.83. The number of nitrogen functional groups attached to an aromatic ring is 1. The average molecular weight is 385 g/mol. The molecule has 0 amide bonds. The molecule has 8 heteroatoms. The van der Waals surface area contributed by atoms with E-state index in [9.17, 15) is 0 Å². The zero-order chi connectivity index (χ0) is 18.0. The first-order valence-corrected chi connectivity index (χ1v) is 8.41. The summed E-state index contributed by atoms with van der Waals surface area (Å²) in [4.78, 5) is 4.53. The maximum Gasteiger partial charge on any atom is 0.175 e. The molecule has 0 aromatic heterocycles. The molecule has 0 saturated carbocycles. The lowest BCUT2D eigenvalue weighted by atomic mass is 10.1. The maximum absolute atomic E-state index is 7.74. The van der Waals surface area contributed by atoms with Crippen LogP contribution in [0.1, 0.15) is 0 Å². The molecule has 2 heterocycles. The van der Waals surface area contributed by atoms with Crippen molar-refractivity contribution in [3.63, 3.8) is 0 Å². The SMILES string of the molecule is N=c1ccc2nc3c(Cl)c4c(c(Cl)c3oc-2c1)Nc1ccc(N)cc1O4. The second-order valence-corrected chi connectivity index (χ2v) is 6.64. The van der Waals surface area contributed by atoms with Gasteiger partial charge in [-0.2, -0.15) is 0 Å². The molecule has 0 saturated heterocycles. The van der Waals surface area contributed by atoms with Crippen LogP contribution in [0.5, 0.6) is 11.5 Å². The summed E-state index contributed by atoms with van der Waals surface area (Å²) in [6, 6.07) is 10.2. The number of fused-ring (bicyclic) bond motifs is 4. The van der Waals surface area contributed by atoms with Crippen LogP contribution in [0.3, 0.4) is 0 Å². The molecule has 0 fully saturated rings. The lowest BCUT2D eigenvalue weighted by Crippen LogP contribution is -2.06. The normalized spacial score (nSPS) is 12.4. The summed E-state index contributed by atoms with van der Waals surface area (Å²) < 4.78 is 11.8. The van der Waals surface area contributed by atoms with Gasteiger partial charge in [0.2, 0.25) is 0 Å². The minimum Gasteiger partial charge on any atom is -0.451 e. The van der Waals surface area contributed by atoms with Crippen molar-refractivity contribution < 1.29 is 9.15 Å². The van der Waals surface area contributed by atoms with Gasteiger partial charge in [-0.25, -0.2) is 4.98 Å². The number of rotatable bonds is 0. The number of nitrogens with two attached hydrogens (primary N) is 1. The van der Waals surface area contributed by atoms with E-state index in [4.69, 9.17) is 43.5 Å². The van der Waals surface area contributed by atoms with E-state index in [0.29, 0.717) is 61.5 Å². The van der Waals surface area contributed by atoms with E-state index in [1.807, 2.05) is 0 Å². The Kier molecular flexibility index (Phi) is 3.10. The summed E-state index contributed by atoms with van der Waals surface area (Å²) in [5.74, 6) is 1.36. The summed E-state index contributed by atoms with van der Waals surface area (Å²) >= 11 is 13.1. The minimum atomic E-state index is 0.278. The molecule has 2 aromatic rings. The first-order valence-electron chi connectivity index (χ1n) is 7.66. The second kappa shape index (κ2) is 5.27. The van der Waals surface area contributed by atoms with Crippen molar-refractivity contribution in [1.82, 2.24) is 4.98 Å². The Bertz CT molecular complexity index is 1250. The van der Waals surface area contributed by atoms with Crippen molar-refractivity contribution in [2.75, 3.05) is 11.1 Å². The molecule has 2 aliphatic heterocycles. The van der Waals surface area contributed by atoms with Gasteiger partial charge in [-0.3, -0.25) is 0 Å². The number of nitrogens with zero attached hydrogens (tertiary/aromatic N) is 1. The molecule has 5 rings (SSSR count). The van der Waals surface area contributed by atoms with Crippen LogP contribution < -0.4 is 21.1 Å². The predicted octanol–water partition coefficient (Wildman–Crippen LogP) is 5.15. The summed E-state index contributed by atoms with van der Waals surface area (Å²) in [5.41, 5.74) is 8.88. The first kappa shape index (κ1) is 15.3. The molecular formula is C18H10Cl2N4O2. The van der Waals surface area contributed by atoms with Crippen molar-refractivity contribution in [2.45, 2.75) is 0 Å². The summed E-state index contributed by atoms with van der Waals surface area (Å²) in [6.07, 6.45) is 0. The Labute approximate surface area is 157 Å². The molecule has 0 spiro atoms. The lowest BCUT2D eigenvalue weighted by molar-refractivity contribution is 0.481. The fourth-order valence-electron chi connectivity index (χ4n) is 2.92. The second-order valence-electron chi connectivity index (χ2n) is 5.89. The maximum atomic E-state index is 7.74. The molecule has 2 aromatic carbocycles. The predicted molar refractivity (Wildman–Crippen MR) is 101 cm³/mol. The van der Waals surface area contributed by atoms with Crippen LogP contribution in [0.2, 0.25) is 10.0 Å². The third kappa shape index (κ3) is 2.13. The highest BCUT2D eigenvalue weighted by Crippen LogP contribution is 2.52. The number of hydrogen-bond acceptors (Lipinski definition) is 6. The van der Waals surface area contributed by atoms with Crippen molar-refractivity contribution in [3.8, 4) is 23.0 Å². The zero-order valence-corrected chi connectivity index (χ0v) is 14.6. The standard InChI is InChI=1S/C18H10Cl2N4O2/c19-13-15-17(25-11-5-7(21)1-3-9(11)23-15)14(20)16-18(13)26-12-6-8(22)2-4-10(12)24-16/h1-6,21,24H,22H2. The Morgan fingerprint density at radius 3 is 2.77 bits per heavy atom. The van der Waals surface area contributed by atoms with Crippen molar-refractivity contribution >= 4 is 51.4 Å². The van der Waals surface area contributed by atoms with Crippen molar-refractivity contribution in [2.24, 2.45) is 0 Å². The fraction of sp³-hybridized carbons (Fsp3) is 0. The van der Waals surface area contributed by atoms with Crippen molar-refractivity contribution in [1.29, 1.82) is 5.41 Å². The van der Waals surface area contributed by atoms with E-state index in [1.165, 1.54) is 0 Å². The van der Waals surface area contributed by atoms with Crippen LogP contribution in [0.25, 0.3) is 22.6 Å². The van der Waals surface area contributed by atoms with E-state index >= 15 is 0 Å². The molecule has 0 bridgehead atoms. The van der Waals surface area contributed by atoms with Gasteiger partial charge in [-0.05, 0) is 24.3 Å². The Morgan fingerprint density at radius 1 is 1.08 bits per heavy atom. The number of nitrogens with one attached hydrogen (secondary N) is 2. The van der Waals surface area contributed by atoms with Gasteiger partial charge in [-0.1, -0.05) is 23.2 Å². The number of hydrogen-bond donors (Lipinski definition) is 3. The number of ether oxygens (including phenoxy) is 1. The van der Waals surface area contributed by atoms with Crippen molar-refractivity contribution in [3.05, 3.63) is 51.8 Å². The number of halogens is 2. The first-order chi connectivity index (χ1) is 12.5. The molecule has 4 N–H and O–H groups in total. The van der Waals surface area contributed by atoms with Gasteiger partial charge in [0.05, 0.1) is 11.0 Å². The third-order valence-corrected chi connectivity index (χ3v) is 4.86. The van der Waals surface area contributed by atoms with Gasteiger partial charge in [0.15, 0.2) is 22.8 Å². The van der Waals surface area contributed by atoms with Crippen LogP contribution in [-0.4, -0.2) is 4.98 Å². The highest BCUT2D eigenvalue weighted by atomic mass is 35.5. The number of benzene rings is 3. The van der Waals surface area contributed by atoms with Gasteiger partial charge in [0, 0.05) is 17.8 Å². The Morgan fingerprint density at radius 2 is 1.92 bits per heavy atom. The van der Waals surface area contributed by atoms with E-state index in [2.05, 4.69) is 10.3 Å². The van der Waals surface area contributed by atoms with E-state index < -0.39 is 0 Å². The van der Waals surface area contributed by atoms with Gasteiger partial charge < -0.3 is 25.6 Å². The van der Waals surface area contributed by atoms with Crippen LogP contribution in [-0.2, 0) is 0 Å². The highest BCUT2D eigenvalue weighted by Gasteiger charge is 2.28. The number of anilines is 3. The van der Waals surface area contributed by atoms with Gasteiger partial charge in [0.25, 0.3) is 0 Å². The topological polar surface area (TPSA) is 97.2 Å². The fourth-order valence-corrected chi connectivity index (χ4v) is 3.45. The van der Waals surface area contributed by atoms with Gasteiger partial charge in [-0.15, -0.1) is 0 Å². The number of aromatic nitrogens is 1. The van der Waals surface area contributed by atoms with Crippen LogP contribution in [0, 0.1) is 5.41 Å². The molecule has 3 aliphatic rings. The zero-order valence-electron chi connectivity index (χ0n) is 13.1. The summed E-state index contributed by atoms with van der Waals surface area (Å²) in [6.45, 7) is 0. The van der Waals surface area contributed by atoms with E-state index in [-0.39, 0.29) is 5.02 Å². The monoisotopic (exact) mass is 384 g/mol. The quantitative estimate of drug-likeness (QED) is 0.253. The smallest absolute Gasteiger partial charge is 0.175 e. The molecule has 0 unspecified atom stereocenters. The molecular weight excluding hydrogens is 375 g/mol. The summed E-state index contributed by atoms with van der Waals surface area (Å²) in [7, 11) is 0. The molecule has 26 heavy (non-hydrogen) atoms. The van der Waals surface area contributed by atoms with E-state index in [0.717, 1.165) is 0 Å². The summed E-state index contributed by atoms with van der Waals surface area (Å²) in [5, 5.41) is 11.8.